The van der Waals surface area contributed by atoms with Gasteiger partial charge in [-0.1, -0.05) is 103 Å². The molecule has 4 aliphatic rings. The molecule has 11 rings (SSSR count). The molecular formula is C44H34N4. The largest absolute Gasteiger partial charge is 0.208 e. The van der Waals surface area contributed by atoms with E-state index in [4.69, 9.17) is 15.0 Å². The van der Waals surface area contributed by atoms with Gasteiger partial charge in [-0.3, -0.25) is 0 Å². The Hall–Kier alpha value is -5.40. The first-order valence-corrected chi connectivity index (χ1v) is 17.3. The van der Waals surface area contributed by atoms with Gasteiger partial charge in [0, 0.05) is 22.1 Å². The fourth-order valence-electron chi connectivity index (χ4n) is 10.0. The molecule has 6 aromatic carbocycles. The van der Waals surface area contributed by atoms with Gasteiger partial charge in [-0.25, -0.2) is 15.0 Å². The van der Waals surface area contributed by atoms with Crippen molar-refractivity contribution in [2.75, 3.05) is 0 Å². The van der Waals surface area contributed by atoms with Crippen molar-refractivity contribution >= 4 is 32.3 Å². The van der Waals surface area contributed by atoms with Gasteiger partial charge in [-0.15, -0.1) is 0 Å². The highest BCUT2D eigenvalue weighted by molar-refractivity contribution is 6.26. The van der Waals surface area contributed by atoms with Gasteiger partial charge in [0.2, 0.25) is 0 Å². The molecule has 0 atom stereocenters. The Balaban J connectivity index is 1.12. The minimum absolute atomic E-state index is 0.360. The standard InChI is InChI=1S/C44H34N4/c45-26-33-9-6-12-38-36-18-15-32(22-39(36)35-10-4-5-11-37(35)40(33)38)43-47-41(30-7-2-1-3-8-30)46-42(48-43)31-13-16-34(17-14-31)44-23-27-19-28(24-44)21-29(20-27)25-44/h1-18,22,27-29H,19-21,23-25H2. The van der Waals surface area contributed by atoms with Crippen LogP contribution in [0.5, 0.6) is 0 Å². The van der Waals surface area contributed by atoms with Crippen LogP contribution >= 0.6 is 0 Å². The Bertz CT molecular complexity index is 2370. The molecule has 4 aliphatic carbocycles. The molecule has 7 aromatic rings. The van der Waals surface area contributed by atoms with E-state index < -0.39 is 0 Å². The van der Waals surface area contributed by atoms with Gasteiger partial charge >= 0.3 is 0 Å². The average Bonchev–Trinajstić information content (AvgIpc) is 3.14. The molecule has 0 aliphatic heterocycles. The smallest absolute Gasteiger partial charge is 0.164 e. The molecule has 4 bridgehead atoms. The lowest BCUT2D eigenvalue weighted by molar-refractivity contribution is -0.00518. The number of hydrogen-bond acceptors (Lipinski definition) is 4. The summed E-state index contributed by atoms with van der Waals surface area (Å²) in [5, 5.41) is 16.5. The molecule has 1 heterocycles. The molecule has 4 nitrogen and oxygen atoms in total. The first-order valence-electron chi connectivity index (χ1n) is 17.3. The lowest BCUT2D eigenvalue weighted by atomic mass is 9.48. The highest BCUT2D eigenvalue weighted by Gasteiger charge is 2.51. The van der Waals surface area contributed by atoms with Crippen LogP contribution in [0.25, 0.3) is 66.5 Å². The first-order chi connectivity index (χ1) is 23.6. The zero-order valence-electron chi connectivity index (χ0n) is 26.7. The zero-order chi connectivity index (χ0) is 31.8. The van der Waals surface area contributed by atoms with Crippen molar-refractivity contribution in [3.8, 4) is 40.2 Å². The quantitative estimate of drug-likeness (QED) is 0.184. The van der Waals surface area contributed by atoms with Crippen LogP contribution < -0.4 is 0 Å². The second-order valence-electron chi connectivity index (χ2n) is 14.6. The van der Waals surface area contributed by atoms with Gasteiger partial charge in [-0.05, 0) is 106 Å². The van der Waals surface area contributed by atoms with E-state index in [2.05, 4.69) is 84.9 Å². The summed E-state index contributed by atoms with van der Waals surface area (Å²) in [5.41, 5.74) is 5.49. The van der Waals surface area contributed by atoms with Crippen molar-refractivity contribution in [3.63, 3.8) is 0 Å². The van der Waals surface area contributed by atoms with Crippen molar-refractivity contribution in [1.29, 1.82) is 5.26 Å². The fraction of sp³-hybridized carbons (Fsp3) is 0.227. The van der Waals surface area contributed by atoms with Crippen molar-refractivity contribution < 1.29 is 0 Å². The summed E-state index contributed by atoms with van der Waals surface area (Å²) < 4.78 is 0. The molecular weight excluding hydrogens is 585 g/mol. The average molecular weight is 619 g/mol. The van der Waals surface area contributed by atoms with Gasteiger partial charge in [0.05, 0.1) is 11.6 Å². The zero-order valence-corrected chi connectivity index (χ0v) is 26.7. The van der Waals surface area contributed by atoms with E-state index in [1.54, 1.807) is 0 Å². The number of nitrogens with zero attached hydrogens (tertiary/aromatic N) is 4. The summed E-state index contributed by atoms with van der Waals surface area (Å²) in [6, 6.07) is 42.7. The van der Waals surface area contributed by atoms with E-state index in [0.717, 1.165) is 66.8 Å². The number of fused-ring (bicyclic) bond motifs is 6. The highest BCUT2D eigenvalue weighted by atomic mass is 15.0. The highest BCUT2D eigenvalue weighted by Crippen LogP contribution is 2.60. The van der Waals surface area contributed by atoms with Crippen molar-refractivity contribution in [3.05, 3.63) is 126 Å². The van der Waals surface area contributed by atoms with Crippen LogP contribution in [0.1, 0.15) is 49.7 Å². The molecule has 0 amide bonds. The van der Waals surface area contributed by atoms with Crippen LogP contribution in [0, 0.1) is 29.1 Å². The number of rotatable bonds is 4. The molecule has 0 saturated heterocycles. The molecule has 230 valence electrons. The summed E-state index contributed by atoms with van der Waals surface area (Å²) in [6.07, 6.45) is 8.43. The van der Waals surface area contributed by atoms with Crippen LogP contribution in [0.3, 0.4) is 0 Å². The maximum absolute atomic E-state index is 9.96. The molecule has 0 N–H and O–H groups in total. The molecule has 0 spiro atoms. The summed E-state index contributed by atoms with van der Waals surface area (Å²) in [7, 11) is 0. The molecule has 48 heavy (non-hydrogen) atoms. The lowest BCUT2D eigenvalue weighted by Crippen LogP contribution is -2.48. The summed E-state index contributed by atoms with van der Waals surface area (Å²) in [5.74, 6) is 4.77. The van der Waals surface area contributed by atoms with Gasteiger partial charge in [0.25, 0.3) is 0 Å². The Kier molecular flexibility index (Phi) is 6.09. The van der Waals surface area contributed by atoms with E-state index >= 15 is 0 Å². The van der Waals surface area contributed by atoms with E-state index in [0.29, 0.717) is 28.5 Å². The fourth-order valence-corrected chi connectivity index (χ4v) is 10.0. The minimum atomic E-state index is 0.360. The van der Waals surface area contributed by atoms with Crippen molar-refractivity contribution in [1.82, 2.24) is 15.0 Å². The van der Waals surface area contributed by atoms with Crippen LogP contribution in [0.4, 0.5) is 0 Å². The topological polar surface area (TPSA) is 62.5 Å². The van der Waals surface area contributed by atoms with E-state index in [9.17, 15) is 5.26 Å². The van der Waals surface area contributed by atoms with Gasteiger partial charge in [0.1, 0.15) is 0 Å². The maximum atomic E-state index is 9.96. The predicted molar refractivity (Wildman–Crippen MR) is 193 cm³/mol. The molecule has 0 radical (unpaired) electrons. The number of nitriles is 1. The van der Waals surface area contributed by atoms with Crippen LogP contribution in [-0.2, 0) is 5.41 Å². The van der Waals surface area contributed by atoms with Crippen LogP contribution in [-0.4, -0.2) is 15.0 Å². The Morgan fingerprint density at radius 2 is 1.02 bits per heavy atom. The summed E-state index contributed by atoms with van der Waals surface area (Å²) in [6.45, 7) is 0. The lowest BCUT2D eigenvalue weighted by Gasteiger charge is -2.57. The molecule has 4 heteroatoms. The third-order valence-electron chi connectivity index (χ3n) is 11.7. The van der Waals surface area contributed by atoms with Crippen molar-refractivity contribution in [2.45, 2.75) is 43.9 Å². The van der Waals surface area contributed by atoms with Crippen LogP contribution in [0.15, 0.2) is 115 Å². The Morgan fingerprint density at radius 3 is 1.67 bits per heavy atom. The van der Waals surface area contributed by atoms with Gasteiger partial charge in [0.15, 0.2) is 17.5 Å². The normalized spacial score (nSPS) is 22.8. The second-order valence-corrected chi connectivity index (χ2v) is 14.6. The number of benzene rings is 6. The van der Waals surface area contributed by atoms with E-state index in [1.807, 2.05) is 36.4 Å². The second kappa shape index (κ2) is 10.6. The molecule has 4 saturated carbocycles. The SMILES string of the molecule is N#Cc1cccc2c3ccc(-c4nc(-c5ccccc5)nc(-c5ccc(C67CC8CC(CC(C8)C6)C7)cc5)n4)cc3c3ccccc3c12. The molecule has 1 aromatic heterocycles. The molecule has 0 unspecified atom stereocenters. The van der Waals surface area contributed by atoms with Crippen LogP contribution in [0.2, 0.25) is 0 Å². The summed E-state index contributed by atoms with van der Waals surface area (Å²) in [4.78, 5) is 15.2. The first kappa shape index (κ1) is 27.7. The Labute approximate surface area is 280 Å². The van der Waals surface area contributed by atoms with Gasteiger partial charge < -0.3 is 0 Å². The Morgan fingerprint density at radius 1 is 0.500 bits per heavy atom. The van der Waals surface area contributed by atoms with Crippen molar-refractivity contribution in [2.24, 2.45) is 17.8 Å². The minimum Gasteiger partial charge on any atom is -0.208 e. The van der Waals surface area contributed by atoms with E-state index in [-0.39, 0.29) is 0 Å². The third-order valence-corrected chi connectivity index (χ3v) is 11.7. The van der Waals surface area contributed by atoms with Gasteiger partial charge in [-0.2, -0.15) is 5.26 Å². The number of hydrogen-bond donors (Lipinski definition) is 0. The third kappa shape index (κ3) is 4.31. The number of aromatic nitrogens is 3. The monoisotopic (exact) mass is 618 g/mol. The predicted octanol–water partition coefficient (Wildman–Crippen LogP) is 10.7. The summed E-state index contributed by atoms with van der Waals surface area (Å²) >= 11 is 0. The molecule has 4 fully saturated rings. The van der Waals surface area contributed by atoms with E-state index in [1.165, 1.54) is 44.1 Å². The maximum Gasteiger partial charge on any atom is 0.164 e.